The zero-order valence-electron chi connectivity index (χ0n) is 30.1. The molecule has 50 heavy (non-hydrogen) atoms. The van der Waals surface area contributed by atoms with E-state index in [4.69, 9.17) is 0 Å². The summed E-state index contributed by atoms with van der Waals surface area (Å²) in [6.07, 6.45) is 0. The van der Waals surface area contributed by atoms with Gasteiger partial charge in [0.2, 0.25) is 0 Å². The van der Waals surface area contributed by atoms with Gasteiger partial charge in [-0.2, -0.15) is 0 Å². The van der Waals surface area contributed by atoms with Crippen LogP contribution in [0.2, 0.25) is 0 Å². The molecule has 0 amide bonds. The molecule has 0 spiro atoms. The summed E-state index contributed by atoms with van der Waals surface area (Å²) in [6.45, 7) is 0. The van der Waals surface area contributed by atoms with Crippen molar-refractivity contribution < 1.29 is 4.11 Å². The molecule has 10 aromatic rings. The number of nitrogens with zero attached hydrogens (tertiary/aromatic N) is 2. The molecule has 0 aliphatic heterocycles. The van der Waals surface area contributed by atoms with Crippen LogP contribution < -0.4 is 0 Å². The van der Waals surface area contributed by atoms with Crippen LogP contribution in [0.15, 0.2) is 194 Å². The number of hydrogen-bond acceptors (Lipinski definition) is 0. The fourth-order valence-electron chi connectivity index (χ4n) is 7.45. The van der Waals surface area contributed by atoms with Gasteiger partial charge >= 0.3 is 0 Å². The van der Waals surface area contributed by atoms with Crippen molar-refractivity contribution in [2.24, 2.45) is 0 Å². The van der Waals surface area contributed by atoms with Gasteiger partial charge < -0.3 is 9.13 Å². The third-order valence-corrected chi connectivity index (χ3v) is 9.84. The molecule has 0 radical (unpaired) electrons. The van der Waals surface area contributed by atoms with Crippen LogP contribution in [-0.4, -0.2) is 9.13 Å². The Morgan fingerprint density at radius 2 is 0.820 bits per heavy atom. The molecule has 0 saturated carbocycles. The predicted octanol–water partition coefficient (Wildman–Crippen LogP) is 12.9. The molecule has 0 atom stereocenters. The summed E-state index contributed by atoms with van der Waals surface area (Å²) in [5, 5.41) is 3.70. The number of fused-ring (bicyclic) bond motifs is 6. The van der Waals surface area contributed by atoms with E-state index >= 15 is 0 Å². The molecule has 10 rings (SSSR count). The number of hydrogen-bond donors (Lipinski definition) is 0. The van der Waals surface area contributed by atoms with Gasteiger partial charge in [-0.3, -0.25) is 0 Å². The van der Waals surface area contributed by atoms with Crippen LogP contribution in [-0.2, 0) is 0 Å². The maximum absolute atomic E-state index is 9.77. The number of aromatic nitrogens is 2. The van der Waals surface area contributed by atoms with Gasteiger partial charge in [0, 0.05) is 32.9 Å². The first-order valence-corrected chi connectivity index (χ1v) is 16.9. The normalized spacial score (nSPS) is 12.4. The van der Waals surface area contributed by atoms with Gasteiger partial charge in [0.05, 0.1) is 26.2 Å². The van der Waals surface area contributed by atoms with E-state index in [1.54, 1.807) is 0 Å². The van der Waals surface area contributed by atoms with Gasteiger partial charge in [0.25, 0.3) is 0 Å². The first-order chi connectivity index (χ1) is 26.1. The Kier molecular flexibility index (Phi) is 5.84. The summed E-state index contributed by atoms with van der Waals surface area (Å²) in [7, 11) is 0. The van der Waals surface area contributed by atoms with Crippen molar-refractivity contribution in [3.05, 3.63) is 194 Å². The molecule has 234 valence electrons. The van der Waals surface area contributed by atoms with Crippen LogP contribution >= 0.6 is 0 Å². The summed E-state index contributed by atoms with van der Waals surface area (Å²) in [6, 6.07) is 60.6. The Labute approximate surface area is 294 Å². The maximum atomic E-state index is 9.77. The lowest BCUT2D eigenvalue weighted by Crippen LogP contribution is -1.94. The molecule has 0 aliphatic rings. The largest absolute Gasteiger partial charge is 0.309 e. The van der Waals surface area contributed by atoms with Crippen molar-refractivity contribution in [2.75, 3.05) is 0 Å². The highest BCUT2D eigenvalue weighted by Gasteiger charge is 2.17. The highest BCUT2D eigenvalue weighted by Crippen LogP contribution is 2.39. The van der Waals surface area contributed by atoms with Gasteiger partial charge in [-0.05, 0) is 94.0 Å². The fraction of sp³-hybridized carbons (Fsp3) is 0. The minimum Gasteiger partial charge on any atom is -0.309 e. The number of rotatable bonds is 5. The molecule has 0 saturated heterocycles. The van der Waals surface area contributed by atoms with Gasteiger partial charge in [0.1, 0.15) is 0 Å². The lowest BCUT2D eigenvalue weighted by Gasteiger charge is -2.10. The van der Waals surface area contributed by atoms with E-state index in [9.17, 15) is 4.11 Å². The summed E-state index contributed by atoms with van der Waals surface area (Å²) in [5.74, 6) is 0. The molecular formula is C48H32N2. The molecule has 2 heteroatoms. The monoisotopic (exact) mass is 639 g/mol. The molecule has 0 N–H and O–H groups in total. The Morgan fingerprint density at radius 3 is 1.58 bits per heavy atom. The molecule has 8 aromatic carbocycles. The lowest BCUT2D eigenvalue weighted by molar-refractivity contribution is 1.18. The van der Waals surface area contributed by atoms with E-state index in [-0.39, 0.29) is 18.1 Å². The summed E-state index contributed by atoms with van der Waals surface area (Å²) >= 11 is 0. The van der Waals surface area contributed by atoms with Crippen molar-refractivity contribution in [3.8, 4) is 44.8 Å². The van der Waals surface area contributed by atoms with Crippen molar-refractivity contribution in [1.82, 2.24) is 9.13 Å². The van der Waals surface area contributed by atoms with Crippen LogP contribution in [0.5, 0.6) is 0 Å². The summed E-state index contributed by atoms with van der Waals surface area (Å²) < 4.78 is 33.1. The fourth-order valence-corrected chi connectivity index (χ4v) is 7.45. The summed E-state index contributed by atoms with van der Waals surface area (Å²) in [4.78, 5) is 0. The standard InChI is InChI=1S/C48H32N2/c1-4-12-33(13-5-1)35-20-25-40(26-21-35)49-45-19-11-10-18-41(45)43-30-36(23-28-46(43)49)37-24-29-47-44(31-37)42-27-22-38(34-14-6-2-7-15-34)32-48(42)50(47)39-16-8-3-9-17-39/h1-32H/i24D,29D,31D. The Balaban J connectivity index is 1.19. The average Bonchev–Trinajstić information content (AvgIpc) is 3.74. The van der Waals surface area contributed by atoms with Gasteiger partial charge in [-0.1, -0.05) is 133 Å². The average molecular weight is 640 g/mol. The third-order valence-electron chi connectivity index (χ3n) is 9.84. The van der Waals surface area contributed by atoms with E-state index < -0.39 is 0 Å². The third kappa shape index (κ3) is 4.57. The van der Waals surface area contributed by atoms with E-state index in [1.165, 1.54) is 5.56 Å². The van der Waals surface area contributed by atoms with E-state index in [2.05, 4.69) is 124 Å². The molecule has 0 aliphatic carbocycles. The highest BCUT2D eigenvalue weighted by atomic mass is 15.0. The summed E-state index contributed by atoms with van der Waals surface area (Å²) in [5.41, 5.74) is 11.3. The van der Waals surface area contributed by atoms with Crippen LogP contribution in [0, 0.1) is 0 Å². The second kappa shape index (κ2) is 11.5. The zero-order valence-corrected chi connectivity index (χ0v) is 27.1. The Morgan fingerprint density at radius 1 is 0.300 bits per heavy atom. The van der Waals surface area contributed by atoms with Crippen LogP contribution in [0.1, 0.15) is 4.11 Å². The molecule has 0 bridgehead atoms. The SMILES string of the molecule is [2H]c1c(-c2ccc3c(c2)c2ccccc2n3-c2ccc(-c3ccccc3)cc2)c([2H])c2c3ccc(-c4ccccc4)cc3n(-c3ccccc3)c2c1[2H]. The van der Waals surface area contributed by atoms with Crippen LogP contribution in [0.3, 0.4) is 0 Å². The van der Waals surface area contributed by atoms with E-state index in [1.807, 2.05) is 60.7 Å². The Bertz CT molecular complexity index is 3000. The highest BCUT2D eigenvalue weighted by molar-refractivity contribution is 6.13. The van der Waals surface area contributed by atoms with E-state index in [0.717, 1.165) is 66.3 Å². The molecule has 2 aromatic heterocycles. The van der Waals surface area contributed by atoms with Gasteiger partial charge in [-0.25, -0.2) is 0 Å². The topological polar surface area (TPSA) is 9.86 Å². The second-order valence-corrected chi connectivity index (χ2v) is 12.7. The van der Waals surface area contributed by atoms with Crippen molar-refractivity contribution >= 4 is 43.6 Å². The number of para-hydroxylation sites is 2. The molecular weight excluding hydrogens is 605 g/mol. The zero-order chi connectivity index (χ0) is 35.6. The lowest BCUT2D eigenvalue weighted by atomic mass is 9.99. The molecule has 0 unspecified atom stereocenters. The Hall–Kier alpha value is -6.64. The quantitative estimate of drug-likeness (QED) is 0.177. The van der Waals surface area contributed by atoms with Gasteiger partial charge in [-0.15, -0.1) is 0 Å². The first-order valence-electron chi connectivity index (χ1n) is 18.4. The predicted molar refractivity (Wildman–Crippen MR) is 211 cm³/mol. The van der Waals surface area contributed by atoms with Crippen LogP contribution in [0.25, 0.3) is 88.4 Å². The van der Waals surface area contributed by atoms with Crippen LogP contribution in [0.4, 0.5) is 0 Å². The minimum atomic E-state index is 0.0466. The minimum absolute atomic E-state index is 0.0466. The molecule has 0 fully saturated rings. The molecule has 2 heterocycles. The van der Waals surface area contributed by atoms with E-state index in [0.29, 0.717) is 16.5 Å². The van der Waals surface area contributed by atoms with Crippen molar-refractivity contribution in [3.63, 3.8) is 0 Å². The second-order valence-electron chi connectivity index (χ2n) is 12.7. The first kappa shape index (κ1) is 25.4. The van der Waals surface area contributed by atoms with Gasteiger partial charge in [0.15, 0.2) is 0 Å². The number of benzene rings is 8. The smallest absolute Gasteiger partial charge is 0.0645 e. The van der Waals surface area contributed by atoms with Crippen molar-refractivity contribution in [2.45, 2.75) is 0 Å². The molecule has 2 nitrogen and oxygen atoms in total. The maximum Gasteiger partial charge on any atom is 0.0645 e. The van der Waals surface area contributed by atoms with Crippen molar-refractivity contribution in [1.29, 1.82) is 0 Å².